The van der Waals surface area contributed by atoms with Crippen molar-refractivity contribution in [2.75, 3.05) is 38.3 Å². The third-order valence-corrected chi connectivity index (χ3v) is 5.14. The maximum Gasteiger partial charge on any atom is 0.225 e. The molecule has 1 amide bonds. The van der Waals surface area contributed by atoms with E-state index < -0.39 is 10.0 Å². The van der Waals surface area contributed by atoms with E-state index in [9.17, 15) is 13.2 Å². The van der Waals surface area contributed by atoms with Crippen molar-refractivity contribution in [1.82, 2.24) is 19.6 Å². The van der Waals surface area contributed by atoms with E-state index in [1.807, 2.05) is 14.1 Å². The standard InChI is InChI=1S/C14H23N5O3S/c1-18(2)14-15-7-4-12(17-14)10-16-13(20)11-5-8-19(9-6-11)23(3,21)22/h4,7,11H,5-6,8-10H2,1-3H3,(H,16,20). The Morgan fingerprint density at radius 1 is 1.39 bits per heavy atom. The van der Waals surface area contributed by atoms with E-state index in [1.165, 1.54) is 10.6 Å². The fourth-order valence-electron chi connectivity index (χ4n) is 2.47. The smallest absolute Gasteiger partial charge is 0.225 e. The Hall–Kier alpha value is -1.74. The summed E-state index contributed by atoms with van der Waals surface area (Å²) in [4.78, 5) is 22.5. The van der Waals surface area contributed by atoms with Gasteiger partial charge in [0.1, 0.15) is 0 Å². The zero-order valence-electron chi connectivity index (χ0n) is 13.7. The van der Waals surface area contributed by atoms with E-state index in [-0.39, 0.29) is 11.8 Å². The van der Waals surface area contributed by atoms with Gasteiger partial charge in [0.25, 0.3) is 0 Å². The molecule has 23 heavy (non-hydrogen) atoms. The summed E-state index contributed by atoms with van der Waals surface area (Å²) in [6, 6.07) is 1.76. The van der Waals surface area contributed by atoms with Gasteiger partial charge in [0.05, 0.1) is 18.5 Å². The summed E-state index contributed by atoms with van der Waals surface area (Å²) in [5, 5.41) is 2.87. The maximum atomic E-state index is 12.2. The van der Waals surface area contributed by atoms with Crippen LogP contribution < -0.4 is 10.2 Å². The number of nitrogens with one attached hydrogen (secondary N) is 1. The van der Waals surface area contributed by atoms with E-state index in [4.69, 9.17) is 0 Å². The van der Waals surface area contributed by atoms with Crippen molar-refractivity contribution >= 4 is 21.9 Å². The van der Waals surface area contributed by atoms with Crippen LogP contribution in [0, 0.1) is 5.92 Å². The molecule has 1 fully saturated rings. The van der Waals surface area contributed by atoms with Gasteiger partial charge < -0.3 is 10.2 Å². The number of nitrogens with zero attached hydrogens (tertiary/aromatic N) is 4. The van der Waals surface area contributed by atoms with Crippen LogP contribution in [0.4, 0.5) is 5.95 Å². The lowest BCUT2D eigenvalue weighted by molar-refractivity contribution is -0.126. The second-order valence-corrected chi connectivity index (χ2v) is 7.88. The first-order chi connectivity index (χ1) is 10.8. The molecule has 1 aliphatic rings. The average molecular weight is 341 g/mol. The Morgan fingerprint density at radius 2 is 2.04 bits per heavy atom. The predicted molar refractivity (Wildman–Crippen MR) is 87.3 cm³/mol. The van der Waals surface area contributed by atoms with Gasteiger partial charge in [-0.1, -0.05) is 0 Å². The van der Waals surface area contributed by atoms with E-state index in [1.54, 1.807) is 17.2 Å². The molecule has 0 radical (unpaired) electrons. The van der Waals surface area contributed by atoms with E-state index in [2.05, 4.69) is 15.3 Å². The van der Waals surface area contributed by atoms with E-state index >= 15 is 0 Å². The summed E-state index contributed by atoms with van der Waals surface area (Å²) in [5.74, 6) is 0.393. The lowest BCUT2D eigenvalue weighted by Crippen LogP contribution is -2.42. The highest BCUT2D eigenvalue weighted by Gasteiger charge is 2.28. The minimum atomic E-state index is -3.16. The molecule has 0 saturated carbocycles. The van der Waals surface area contributed by atoms with Crippen molar-refractivity contribution < 1.29 is 13.2 Å². The van der Waals surface area contributed by atoms with Crippen LogP contribution in [0.3, 0.4) is 0 Å². The van der Waals surface area contributed by atoms with Crippen LogP contribution in [0.2, 0.25) is 0 Å². The van der Waals surface area contributed by atoms with Crippen LogP contribution in [0.15, 0.2) is 12.3 Å². The predicted octanol–water partition coefficient (Wildman–Crippen LogP) is -0.170. The number of piperidine rings is 1. The molecule has 9 heteroatoms. The molecule has 1 aromatic rings. The van der Waals surface area contributed by atoms with Crippen molar-refractivity contribution in [3.05, 3.63) is 18.0 Å². The fourth-order valence-corrected chi connectivity index (χ4v) is 3.34. The number of rotatable bonds is 5. The largest absolute Gasteiger partial charge is 0.350 e. The zero-order chi connectivity index (χ0) is 17.0. The average Bonchev–Trinajstić information content (AvgIpc) is 2.52. The Balaban J connectivity index is 1.85. The number of amides is 1. The molecule has 0 atom stereocenters. The highest BCUT2D eigenvalue weighted by Crippen LogP contribution is 2.19. The van der Waals surface area contributed by atoms with Gasteiger partial charge in [-0.3, -0.25) is 4.79 Å². The topological polar surface area (TPSA) is 95.5 Å². The Kier molecular flexibility index (Phi) is 5.53. The number of hydrogen-bond donors (Lipinski definition) is 1. The Bertz CT molecular complexity index is 654. The minimum Gasteiger partial charge on any atom is -0.350 e. The summed E-state index contributed by atoms with van der Waals surface area (Å²) in [6.45, 7) is 1.14. The van der Waals surface area contributed by atoms with E-state index in [0.29, 0.717) is 38.4 Å². The van der Waals surface area contributed by atoms with Gasteiger partial charge in [0.2, 0.25) is 21.9 Å². The second-order valence-electron chi connectivity index (χ2n) is 5.90. The third kappa shape index (κ3) is 4.87. The van der Waals surface area contributed by atoms with Gasteiger partial charge in [0, 0.05) is 39.3 Å². The third-order valence-electron chi connectivity index (χ3n) is 3.84. The summed E-state index contributed by atoms with van der Waals surface area (Å²) in [7, 11) is 0.546. The van der Waals surface area contributed by atoms with Crippen molar-refractivity contribution in [1.29, 1.82) is 0 Å². The molecule has 2 heterocycles. The van der Waals surface area contributed by atoms with Crippen molar-refractivity contribution in [2.24, 2.45) is 5.92 Å². The van der Waals surface area contributed by atoms with Crippen LogP contribution in [0.5, 0.6) is 0 Å². The molecule has 1 aromatic heterocycles. The van der Waals surface area contributed by atoms with Crippen LogP contribution in [-0.4, -0.2) is 62.0 Å². The number of anilines is 1. The Morgan fingerprint density at radius 3 is 2.61 bits per heavy atom. The van der Waals surface area contributed by atoms with Gasteiger partial charge >= 0.3 is 0 Å². The molecule has 1 saturated heterocycles. The van der Waals surface area contributed by atoms with Crippen LogP contribution >= 0.6 is 0 Å². The first-order valence-corrected chi connectivity index (χ1v) is 9.34. The second kappa shape index (κ2) is 7.22. The maximum absolute atomic E-state index is 12.2. The molecule has 0 aromatic carbocycles. The lowest BCUT2D eigenvalue weighted by Gasteiger charge is -2.29. The number of aromatic nitrogens is 2. The number of carbonyl (C=O) groups excluding carboxylic acids is 1. The van der Waals surface area contributed by atoms with Crippen molar-refractivity contribution in [3.63, 3.8) is 0 Å². The quantitative estimate of drug-likeness (QED) is 0.799. The van der Waals surface area contributed by atoms with Gasteiger partial charge in [-0.15, -0.1) is 0 Å². The lowest BCUT2D eigenvalue weighted by atomic mass is 9.97. The fraction of sp³-hybridized carbons (Fsp3) is 0.643. The first-order valence-electron chi connectivity index (χ1n) is 7.49. The summed E-state index contributed by atoms with van der Waals surface area (Å²) < 4.78 is 24.4. The summed E-state index contributed by atoms with van der Waals surface area (Å²) >= 11 is 0. The first kappa shape index (κ1) is 17.6. The number of carbonyl (C=O) groups is 1. The molecule has 0 unspecified atom stereocenters. The van der Waals surface area contributed by atoms with Crippen molar-refractivity contribution in [2.45, 2.75) is 19.4 Å². The molecule has 0 aliphatic carbocycles. The van der Waals surface area contributed by atoms with Gasteiger partial charge in [-0.2, -0.15) is 0 Å². The van der Waals surface area contributed by atoms with Crippen molar-refractivity contribution in [3.8, 4) is 0 Å². The Labute approximate surface area is 137 Å². The molecule has 1 aliphatic heterocycles. The van der Waals surface area contributed by atoms with Crippen LogP contribution in [-0.2, 0) is 21.4 Å². The SMILES string of the molecule is CN(C)c1nccc(CNC(=O)C2CCN(S(C)(=O)=O)CC2)n1. The van der Waals surface area contributed by atoms with Gasteiger partial charge in [0.15, 0.2) is 0 Å². The van der Waals surface area contributed by atoms with Crippen LogP contribution in [0.1, 0.15) is 18.5 Å². The zero-order valence-corrected chi connectivity index (χ0v) is 14.5. The monoisotopic (exact) mass is 341 g/mol. The molecular formula is C14H23N5O3S. The highest BCUT2D eigenvalue weighted by atomic mass is 32.2. The van der Waals surface area contributed by atoms with Gasteiger partial charge in [-0.05, 0) is 18.9 Å². The molecule has 1 N–H and O–H groups in total. The highest BCUT2D eigenvalue weighted by molar-refractivity contribution is 7.88. The molecule has 128 valence electrons. The molecular weight excluding hydrogens is 318 g/mol. The minimum absolute atomic E-state index is 0.0526. The van der Waals surface area contributed by atoms with E-state index in [0.717, 1.165) is 5.69 Å². The number of sulfonamides is 1. The van der Waals surface area contributed by atoms with Gasteiger partial charge in [-0.25, -0.2) is 22.7 Å². The summed E-state index contributed by atoms with van der Waals surface area (Å²) in [5.41, 5.74) is 0.741. The normalized spacial score (nSPS) is 17.0. The number of hydrogen-bond acceptors (Lipinski definition) is 6. The molecule has 0 bridgehead atoms. The molecule has 0 spiro atoms. The summed E-state index contributed by atoms with van der Waals surface area (Å²) in [6.07, 6.45) is 3.95. The molecule has 2 rings (SSSR count). The van der Waals surface area contributed by atoms with Crippen LogP contribution in [0.25, 0.3) is 0 Å². The molecule has 8 nitrogen and oxygen atoms in total.